The standard InChI is InChI=1S/C18H30N2O.C15H14FNO2/c1-4-8-15-11-12-17(14-16(15)9-5-2)20(6-3)13-7-10-18(19)21;1-8-5-14-11(6-13(8)16)9(2)12(15(18)19)7-17(14)10-3-4-10/h11-12,14H,4-10,13H2,1-3H3,(H2,19,21);5-7,10H,2-4H2,1H3,(H,18,19). The number of benzene rings is 2. The highest BCUT2D eigenvalue weighted by Crippen LogP contribution is 2.43. The lowest BCUT2D eigenvalue weighted by Crippen LogP contribution is -2.26. The molecule has 2 aromatic rings. The molecule has 7 heteroatoms. The number of aliphatic carboxylic acids is 1. The molecule has 1 aliphatic carbocycles. The van der Waals surface area contributed by atoms with Crippen LogP contribution in [0.3, 0.4) is 0 Å². The first-order valence-corrected chi connectivity index (χ1v) is 14.5. The molecular formula is C33H44FN3O3. The fourth-order valence-electron chi connectivity index (χ4n) is 5.13. The zero-order valence-corrected chi connectivity index (χ0v) is 24.4. The number of amides is 1. The molecule has 0 spiro atoms. The van der Waals surface area contributed by atoms with E-state index in [1.54, 1.807) is 19.2 Å². The Hall–Kier alpha value is -3.61. The highest BCUT2D eigenvalue weighted by Gasteiger charge is 2.34. The molecule has 40 heavy (non-hydrogen) atoms. The fourth-order valence-corrected chi connectivity index (χ4v) is 5.13. The van der Waals surface area contributed by atoms with Gasteiger partial charge in [0, 0.05) is 48.7 Å². The lowest BCUT2D eigenvalue weighted by atomic mass is 9.93. The predicted molar refractivity (Wildman–Crippen MR) is 162 cm³/mol. The van der Waals surface area contributed by atoms with Crippen molar-refractivity contribution in [2.24, 2.45) is 5.73 Å². The summed E-state index contributed by atoms with van der Waals surface area (Å²) >= 11 is 0. The number of carbonyl (C=O) groups excluding carboxylic acids is 1. The maximum Gasteiger partial charge on any atom is 0.337 e. The topological polar surface area (TPSA) is 86.9 Å². The minimum atomic E-state index is -1.03. The Balaban J connectivity index is 0.000000221. The summed E-state index contributed by atoms with van der Waals surface area (Å²) in [6.07, 6.45) is 9.64. The molecule has 1 amide bonds. The summed E-state index contributed by atoms with van der Waals surface area (Å²) < 4.78 is 13.7. The molecule has 1 fully saturated rings. The molecule has 2 aliphatic rings. The molecule has 0 unspecified atom stereocenters. The van der Waals surface area contributed by atoms with Crippen LogP contribution in [0.4, 0.5) is 15.8 Å². The van der Waals surface area contributed by atoms with Gasteiger partial charge >= 0.3 is 5.97 Å². The van der Waals surface area contributed by atoms with Crippen LogP contribution in [0.5, 0.6) is 0 Å². The van der Waals surface area contributed by atoms with Crippen LogP contribution >= 0.6 is 0 Å². The van der Waals surface area contributed by atoms with Crippen molar-refractivity contribution >= 4 is 28.8 Å². The van der Waals surface area contributed by atoms with Crippen molar-refractivity contribution < 1.29 is 19.1 Å². The third-order valence-electron chi connectivity index (χ3n) is 7.47. The Morgan fingerprint density at radius 3 is 2.35 bits per heavy atom. The normalized spacial score (nSPS) is 14.2. The van der Waals surface area contributed by atoms with Gasteiger partial charge in [0.25, 0.3) is 0 Å². The number of hydrogen-bond donors (Lipinski definition) is 2. The summed E-state index contributed by atoms with van der Waals surface area (Å²) in [5.74, 6) is -1.57. The van der Waals surface area contributed by atoms with Crippen LogP contribution in [-0.2, 0) is 22.4 Å². The number of nitrogens with two attached hydrogens (primary N) is 1. The summed E-state index contributed by atoms with van der Waals surface area (Å²) in [5, 5.41) is 9.23. The van der Waals surface area contributed by atoms with Gasteiger partial charge in [0.1, 0.15) is 5.82 Å². The number of fused-ring (bicyclic) bond motifs is 1. The summed E-state index contributed by atoms with van der Waals surface area (Å²) in [7, 11) is 0. The Labute approximate surface area is 238 Å². The van der Waals surface area contributed by atoms with Crippen LogP contribution in [0.25, 0.3) is 5.57 Å². The Morgan fingerprint density at radius 2 is 1.77 bits per heavy atom. The highest BCUT2D eigenvalue weighted by molar-refractivity contribution is 6.08. The molecule has 6 nitrogen and oxygen atoms in total. The second-order valence-electron chi connectivity index (χ2n) is 10.7. The maximum absolute atomic E-state index is 13.7. The first-order chi connectivity index (χ1) is 19.1. The minimum absolute atomic E-state index is 0.141. The van der Waals surface area contributed by atoms with Gasteiger partial charge in [-0.1, -0.05) is 39.3 Å². The number of hydrogen-bond acceptors (Lipinski definition) is 4. The van der Waals surface area contributed by atoms with Crippen LogP contribution in [0.1, 0.15) is 81.5 Å². The largest absolute Gasteiger partial charge is 0.478 e. The van der Waals surface area contributed by atoms with E-state index in [4.69, 9.17) is 5.73 Å². The Bertz CT molecular complexity index is 1270. The average molecular weight is 550 g/mol. The number of nitrogens with zero attached hydrogens (tertiary/aromatic N) is 2. The minimum Gasteiger partial charge on any atom is -0.478 e. The second kappa shape index (κ2) is 14.1. The number of carbonyl (C=O) groups is 2. The zero-order valence-electron chi connectivity index (χ0n) is 24.4. The molecule has 1 saturated carbocycles. The van der Waals surface area contributed by atoms with E-state index in [-0.39, 0.29) is 17.3 Å². The molecule has 0 saturated heterocycles. The van der Waals surface area contributed by atoms with Crippen molar-refractivity contribution in [2.75, 3.05) is 22.9 Å². The number of halogens is 1. The van der Waals surface area contributed by atoms with E-state index in [1.165, 1.54) is 35.7 Å². The molecule has 0 bridgehead atoms. The predicted octanol–water partition coefficient (Wildman–Crippen LogP) is 6.78. The number of aryl methyl sites for hydroxylation is 3. The van der Waals surface area contributed by atoms with Crippen molar-refractivity contribution in [2.45, 2.75) is 85.1 Å². The summed E-state index contributed by atoms with van der Waals surface area (Å²) in [5.41, 5.74) is 12.0. The van der Waals surface area contributed by atoms with E-state index >= 15 is 0 Å². The van der Waals surface area contributed by atoms with Gasteiger partial charge in [-0.3, -0.25) is 4.79 Å². The van der Waals surface area contributed by atoms with Gasteiger partial charge in [-0.15, -0.1) is 0 Å². The number of anilines is 2. The fraction of sp³-hybridized carbons (Fsp3) is 0.455. The second-order valence-corrected chi connectivity index (χ2v) is 10.7. The molecule has 4 rings (SSSR count). The smallest absolute Gasteiger partial charge is 0.337 e. The zero-order chi connectivity index (χ0) is 29.4. The molecule has 1 heterocycles. The van der Waals surface area contributed by atoms with Crippen molar-refractivity contribution in [3.05, 3.63) is 76.8 Å². The summed E-state index contributed by atoms with van der Waals surface area (Å²) in [6.45, 7) is 14.0. The Kier molecular flexibility index (Phi) is 10.9. The van der Waals surface area contributed by atoms with Crippen LogP contribution in [0.2, 0.25) is 0 Å². The monoisotopic (exact) mass is 549 g/mol. The molecular weight excluding hydrogens is 505 g/mol. The van der Waals surface area contributed by atoms with Gasteiger partial charge in [-0.05, 0) is 92.5 Å². The van der Waals surface area contributed by atoms with Crippen molar-refractivity contribution in [3.8, 4) is 0 Å². The van der Waals surface area contributed by atoms with E-state index < -0.39 is 5.97 Å². The molecule has 0 radical (unpaired) electrons. The van der Waals surface area contributed by atoms with Gasteiger partial charge in [0.2, 0.25) is 5.91 Å². The SMILES string of the molecule is C=C1C(C(=O)O)=CN(C2CC2)c2cc(C)c(F)cc21.CCCc1ccc(N(CC)CCCC(N)=O)cc1CCC. The Morgan fingerprint density at radius 1 is 1.10 bits per heavy atom. The van der Waals surface area contributed by atoms with Crippen LogP contribution < -0.4 is 15.5 Å². The number of carboxylic acids is 1. The van der Waals surface area contributed by atoms with Crippen molar-refractivity contribution in [1.82, 2.24) is 0 Å². The van der Waals surface area contributed by atoms with E-state index in [2.05, 4.69) is 50.4 Å². The quantitative estimate of drug-likeness (QED) is 0.305. The van der Waals surface area contributed by atoms with Gasteiger partial charge in [0.15, 0.2) is 0 Å². The lowest BCUT2D eigenvalue weighted by molar-refractivity contribution is -0.132. The van der Waals surface area contributed by atoms with E-state index in [0.29, 0.717) is 29.2 Å². The highest BCUT2D eigenvalue weighted by atomic mass is 19.1. The summed E-state index contributed by atoms with van der Waals surface area (Å²) in [4.78, 5) is 26.4. The first-order valence-electron chi connectivity index (χ1n) is 14.5. The van der Waals surface area contributed by atoms with E-state index in [1.807, 2.05) is 4.90 Å². The maximum atomic E-state index is 13.7. The molecule has 0 atom stereocenters. The number of primary amides is 1. The molecule has 3 N–H and O–H groups in total. The summed E-state index contributed by atoms with van der Waals surface area (Å²) in [6, 6.07) is 10.3. The first kappa shape index (κ1) is 30.9. The molecule has 2 aromatic carbocycles. The van der Waals surface area contributed by atoms with Crippen LogP contribution in [-0.4, -0.2) is 36.1 Å². The van der Waals surface area contributed by atoms with E-state index in [9.17, 15) is 19.1 Å². The van der Waals surface area contributed by atoms with Gasteiger partial charge in [0.05, 0.1) is 5.57 Å². The average Bonchev–Trinajstić information content (AvgIpc) is 3.75. The van der Waals surface area contributed by atoms with Gasteiger partial charge in [-0.2, -0.15) is 0 Å². The number of carboxylic acid groups (broad SMARTS) is 1. The van der Waals surface area contributed by atoms with Crippen LogP contribution in [0.15, 0.2) is 48.7 Å². The molecule has 216 valence electrons. The third kappa shape index (κ3) is 7.74. The van der Waals surface area contributed by atoms with Crippen molar-refractivity contribution in [3.63, 3.8) is 0 Å². The third-order valence-corrected chi connectivity index (χ3v) is 7.47. The van der Waals surface area contributed by atoms with Crippen molar-refractivity contribution in [1.29, 1.82) is 0 Å². The molecule has 1 aliphatic heterocycles. The molecule has 0 aromatic heterocycles. The van der Waals surface area contributed by atoms with E-state index in [0.717, 1.165) is 50.9 Å². The van der Waals surface area contributed by atoms with Gasteiger partial charge in [-0.25, -0.2) is 9.18 Å². The lowest BCUT2D eigenvalue weighted by Gasteiger charge is -2.30. The number of rotatable bonds is 12. The van der Waals surface area contributed by atoms with Gasteiger partial charge < -0.3 is 20.6 Å². The van der Waals surface area contributed by atoms with Crippen LogP contribution in [0, 0.1) is 12.7 Å².